The number of methoxy groups -OCH3 is 1. The molecule has 0 heterocycles. The first kappa shape index (κ1) is 11.5. The molecule has 1 rings (SSSR count). The van der Waals surface area contributed by atoms with E-state index in [0.717, 1.165) is 16.7 Å². The number of rotatable bonds is 4. The van der Waals surface area contributed by atoms with E-state index in [1.165, 1.54) is 0 Å². The molecule has 0 fully saturated rings. The first-order chi connectivity index (χ1) is 6.55. The quantitative estimate of drug-likeness (QED) is 0.894. The van der Waals surface area contributed by atoms with Crippen molar-refractivity contribution < 1.29 is 4.74 Å². The molecule has 1 aromatic rings. The van der Waals surface area contributed by atoms with E-state index in [0.29, 0.717) is 0 Å². The molecule has 0 spiro atoms. The topological polar surface area (TPSA) is 21.3 Å². The number of hydrogen-bond acceptors (Lipinski definition) is 2. The van der Waals surface area contributed by atoms with Crippen molar-refractivity contribution in [3.05, 3.63) is 28.7 Å². The summed E-state index contributed by atoms with van der Waals surface area (Å²) >= 11 is 3.48. The van der Waals surface area contributed by atoms with Crippen molar-refractivity contribution in [3.63, 3.8) is 0 Å². The molecule has 2 nitrogen and oxygen atoms in total. The molecule has 14 heavy (non-hydrogen) atoms. The first-order valence-corrected chi connectivity index (χ1v) is 5.38. The number of anilines is 1. The van der Waals surface area contributed by atoms with E-state index >= 15 is 0 Å². The Kier molecular flexibility index (Phi) is 3.96. The van der Waals surface area contributed by atoms with Gasteiger partial charge in [0.1, 0.15) is 0 Å². The zero-order valence-electron chi connectivity index (χ0n) is 8.80. The summed E-state index contributed by atoms with van der Waals surface area (Å²) in [5, 5.41) is 3.33. The predicted octanol–water partition coefficient (Wildman–Crippen LogP) is 3.29. The van der Waals surface area contributed by atoms with Gasteiger partial charge in [0.15, 0.2) is 0 Å². The molecule has 0 amide bonds. The Labute approximate surface area is 93.8 Å². The number of hydrogen-bond donors (Lipinski definition) is 1. The van der Waals surface area contributed by atoms with E-state index in [1.54, 1.807) is 7.11 Å². The first-order valence-electron chi connectivity index (χ1n) is 4.59. The largest absolute Gasteiger partial charge is 0.381 e. The lowest BCUT2D eigenvalue weighted by Crippen LogP contribution is -2.32. The Balaban J connectivity index is 2.58. The molecule has 78 valence electrons. The van der Waals surface area contributed by atoms with Gasteiger partial charge in [-0.1, -0.05) is 12.1 Å². The maximum Gasteiger partial charge on any atom is 0.0794 e. The van der Waals surface area contributed by atoms with Crippen molar-refractivity contribution in [3.8, 4) is 0 Å². The average molecular weight is 258 g/mol. The second-order valence-electron chi connectivity index (χ2n) is 3.80. The molecule has 0 aliphatic heterocycles. The van der Waals surface area contributed by atoms with Gasteiger partial charge in [0, 0.05) is 23.8 Å². The smallest absolute Gasteiger partial charge is 0.0794 e. The number of halogens is 1. The molecule has 0 atom stereocenters. The van der Waals surface area contributed by atoms with Gasteiger partial charge in [-0.2, -0.15) is 0 Å². The van der Waals surface area contributed by atoms with Crippen LogP contribution in [0.2, 0.25) is 0 Å². The van der Waals surface area contributed by atoms with Gasteiger partial charge in [0.25, 0.3) is 0 Å². The second-order valence-corrected chi connectivity index (χ2v) is 4.65. The van der Waals surface area contributed by atoms with E-state index in [2.05, 4.69) is 35.1 Å². The van der Waals surface area contributed by atoms with Crippen LogP contribution in [0.15, 0.2) is 28.7 Å². The van der Waals surface area contributed by atoms with Gasteiger partial charge in [-0.25, -0.2) is 0 Å². The van der Waals surface area contributed by atoms with Crippen LogP contribution in [0.5, 0.6) is 0 Å². The Bertz CT molecular complexity index is 299. The van der Waals surface area contributed by atoms with Crippen LogP contribution in [-0.4, -0.2) is 19.3 Å². The molecule has 0 saturated heterocycles. The summed E-state index contributed by atoms with van der Waals surface area (Å²) in [6.45, 7) is 4.89. The van der Waals surface area contributed by atoms with Crippen LogP contribution in [0.25, 0.3) is 0 Å². The standard InChI is InChI=1S/C11H16BrNO/c1-11(2,14-3)8-13-10-7-5-4-6-9(10)12/h4-7,13H,8H2,1-3H3. The van der Waals surface area contributed by atoms with Gasteiger partial charge in [-0.15, -0.1) is 0 Å². The van der Waals surface area contributed by atoms with Crippen molar-refractivity contribution in [1.29, 1.82) is 0 Å². The van der Waals surface area contributed by atoms with Crippen LogP contribution in [0.3, 0.4) is 0 Å². The summed E-state index contributed by atoms with van der Waals surface area (Å²) in [6, 6.07) is 8.06. The Morgan fingerprint density at radius 2 is 2.00 bits per heavy atom. The molecule has 1 aromatic carbocycles. The van der Waals surface area contributed by atoms with Gasteiger partial charge in [-0.05, 0) is 41.9 Å². The highest BCUT2D eigenvalue weighted by molar-refractivity contribution is 9.10. The van der Waals surface area contributed by atoms with Crippen LogP contribution >= 0.6 is 15.9 Å². The molecular formula is C11H16BrNO. The van der Waals surface area contributed by atoms with Crippen LogP contribution in [0.1, 0.15) is 13.8 Å². The Hall–Kier alpha value is -0.540. The lowest BCUT2D eigenvalue weighted by Gasteiger charge is -2.24. The van der Waals surface area contributed by atoms with E-state index in [4.69, 9.17) is 4.74 Å². The van der Waals surface area contributed by atoms with E-state index < -0.39 is 0 Å². The van der Waals surface area contributed by atoms with Crippen LogP contribution in [0, 0.1) is 0 Å². The molecular weight excluding hydrogens is 242 g/mol. The van der Waals surface area contributed by atoms with Gasteiger partial charge >= 0.3 is 0 Å². The zero-order valence-corrected chi connectivity index (χ0v) is 10.4. The van der Waals surface area contributed by atoms with Gasteiger partial charge in [0.2, 0.25) is 0 Å². The van der Waals surface area contributed by atoms with Crippen LogP contribution in [0.4, 0.5) is 5.69 Å². The molecule has 0 saturated carbocycles. The molecule has 1 N–H and O–H groups in total. The van der Waals surface area contributed by atoms with Crippen LogP contribution < -0.4 is 5.32 Å². The molecule has 0 radical (unpaired) electrons. The SMILES string of the molecule is COC(C)(C)CNc1ccccc1Br. The fraction of sp³-hybridized carbons (Fsp3) is 0.455. The summed E-state index contributed by atoms with van der Waals surface area (Å²) in [7, 11) is 1.72. The summed E-state index contributed by atoms with van der Waals surface area (Å²) in [5.74, 6) is 0. The van der Waals surface area contributed by atoms with Crippen molar-refractivity contribution in [2.24, 2.45) is 0 Å². The molecule has 3 heteroatoms. The third-order valence-corrected chi connectivity index (χ3v) is 2.82. The number of nitrogens with one attached hydrogen (secondary N) is 1. The van der Waals surface area contributed by atoms with Crippen LogP contribution in [-0.2, 0) is 4.74 Å². The third-order valence-electron chi connectivity index (χ3n) is 2.13. The van der Waals surface area contributed by atoms with E-state index in [1.807, 2.05) is 24.3 Å². The highest BCUT2D eigenvalue weighted by Gasteiger charge is 2.15. The summed E-state index contributed by atoms with van der Waals surface area (Å²) < 4.78 is 6.40. The summed E-state index contributed by atoms with van der Waals surface area (Å²) in [4.78, 5) is 0. The van der Waals surface area contributed by atoms with Crippen molar-refractivity contribution in [1.82, 2.24) is 0 Å². The lowest BCUT2D eigenvalue weighted by molar-refractivity contribution is 0.0344. The highest BCUT2D eigenvalue weighted by Crippen LogP contribution is 2.22. The molecule has 0 bridgehead atoms. The highest BCUT2D eigenvalue weighted by atomic mass is 79.9. The molecule has 0 aliphatic carbocycles. The van der Waals surface area contributed by atoms with Gasteiger partial charge < -0.3 is 10.1 Å². The molecule has 0 unspecified atom stereocenters. The normalized spacial score (nSPS) is 11.4. The summed E-state index contributed by atoms with van der Waals surface area (Å²) in [5.41, 5.74) is 0.951. The van der Waals surface area contributed by atoms with Gasteiger partial charge in [-0.3, -0.25) is 0 Å². The minimum Gasteiger partial charge on any atom is -0.381 e. The average Bonchev–Trinajstić information content (AvgIpc) is 2.17. The number of benzene rings is 1. The lowest BCUT2D eigenvalue weighted by atomic mass is 10.1. The Morgan fingerprint density at radius 3 is 2.57 bits per heavy atom. The van der Waals surface area contributed by atoms with Crippen molar-refractivity contribution >= 4 is 21.6 Å². The number of ether oxygens (including phenoxy) is 1. The minimum atomic E-state index is -0.144. The van der Waals surface area contributed by atoms with Crippen molar-refractivity contribution in [2.75, 3.05) is 19.0 Å². The second kappa shape index (κ2) is 4.80. The maximum absolute atomic E-state index is 5.32. The fourth-order valence-electron chi connectivity index (χ4n) is 0.985. The molecule has 0 aliphatic rings. The van der Waals surface area contributed by atoms with E-state index in [9.17, 15) is 0 Å². The maximum atomic E-state index is 5.32. The third kappa shape index (κ3) is 3.31. The van der Waals surface area contributed by atoms with E-state index in [-0.39, 0.29) is 5.60 Å². The monoisotopic (exact) mass is 257 g/mol. The predicted molar refractivity (Wildman–Crippen MR) is 63.7 cm³/mol. The zero-order chi connectivity index (χ0) is 10.6. The summed E-state index contributed by atoms with van der Waals surface area (Å²) in [6.07, 6.45) is 0. The Morgan fingerprint density at radius 1 is 1.36 bits per heavy atom. The number of para-hydroxylation sites is 1. The van der Waals surface area contributed by atoms with Gasteiger partial charge in [0.05, 0.1) is 5.60 Å². The fourth-order valence-corrected chi connectivity index (χ4v) is 1.41. The minimum absolute atomic E-state index is 0.144. The molecule has 0 aromatic heterocycles. The van der Waals surface area contributed by atoms with Crippen molar-refractivity contribution in [2.45, 2.75) is 19.4 Å².